The summed E-state index contributed by atoms with van der Waals surface area (Å²) in [4.78, 5) is 15.0. The Morgan fingerprint density at radius 2 is 2.17 bits per heavy atom. The van der Waals surface area contributed by atoms with Gasteiger partial charge in [0.15, 0.2) is 5.69 Å². The van der Waals surface area contributed by atoms with Gasteiger partial charge in [-0.1, -0.05) is 13.3 Å². The number of rotatable bonds is 5. The van der Waals surface area contributed by atoms with Gasteiger partial charge in [0.25, 0.3) is 5.91 Å². The molecule has 6 nitrogen and oxygen atoms in total. The van der Waals surface area contributed by atoms with Gasteiger partial charge in [-0.2, -0.15) is 5.10 Å². The van der Waals surface area contributed by atoms with Crippen LogP contribution in [0.5, 0.6) is 0 Å². The van der Waals surface area contributed by atoms with Crippen LogP contribution < -0.4 is 10.6 Å². The van der Waals surface area contributed by atoms with Crippen molar-refractivity contribution in [1.29, 1.82) is 0 Å². The van der Waals surface area contributed by atoms with E-state index in [1.165, 1.54) is 19.4 Å². The van der Waals surface area contributed by atoms with E-state index in [9.17, 15) is 4.79 Å². The molecular formula is C16H28ClN5O. The molecule has 0 radical (unpaired) electrons. The van der Waals surface area contributed by atoms with Gasteiger partial charge in [0.1, 0.15) is 0 Å². The first-order valence-electron chi connectivity index (χ1n) is 8.58. The lowest BCUT2D eigenvalue weighted by Crippen LogP contribution is -2.45. The van der Waals surface area contributed by atoms with E-state index in [0.29, 0.717) is 5.69 Å². The molecule has 1 aromatic rings. The van der Waals surface area contributed by atoms with Gasteiger partial charge in [0.2, 0.25) is 0 Å². The standard InChI is InChI=1S/C16H27N5O.ClH/c1-2-3-8-21-9-5-12(6-10-21)18-16(22)15-13-11-17-7-4-14(13)19-20-15;/h12,17H,2-11H2,1H3,(H,18,22)(H,19,20);1H. The third-order valence-corrected chi connectivity index (χ3v) is 4.77. The first kappa shape index (κ1) is 18.2. The largest absolute Gasteiger partial charge is 0.348 e. The molecule has 1 amide bonds. The van der Waals surface area contributed by atoms with Crippen molar-refractivity contribution in [2.45, 2.75) is 51.6 Å². The molecule has 0 aromatic carbocycles. The number of nitrogens with one attached hydrogen (secondary N) is 3. The first-order chi connectivity index (χ1) is 10.8. The molecule has 0 atom stereocenters. The number of aromatic amines is 1. The minimum Gasteiger partial charge on any atom is -0.348 e. The highest BCUT2D eigenvalue weighted by atomic mass is 35.5. The molecule has 0 unspecified atom stereocenters. The molecule has 1 saturated heterocycles. The summed E-state index contributed by atoms with van der Waals surface area (Å²) in [5.41, 5.74) is 2.73. The van der Waals surface area contributed by atoms with E-state index < -0.39 is 0 Å². The summed E-state index contributed by atoms with van der Waals surface area (Å²) >= 11 is 0. The van der Waals surface area contributed by atoms with Gasteiger partial charge >= 0.3 is 0 Å². The second-order valence-electron chi connectivity index (χ2n) is 6.40. The Hall–Kier alpha value is -1.11. The predicted octanol–water partition coefficient (Wildman–Crippen LogP) is 1.47. The lowest BCUT2D eigenvalue weighted by Gasteiger charge is -2.32. The zero-order valence-corrected chi connectivity index (χ0v) is 14.7. The maximum absolute atomic E-state index is 12.5. The quantitative estimate of drug-likeness (QED) is 0.758. The number of hydrogen-bond acceptors (Lipinski definition) is 4. The number of piperidine rings is 1. The summed E-state index contributed by atoms with van der Waals surface area (Å²) in [6.45, 7) is 7.29. The van der Waals surface area contributed by atoms with E-state index in [-0.39, 0.29) is 24.4 Å². The molecule has 0 saturated carbocycles. The molecule has 23 heavy (non-hydrogen) atoms. The molecule has 130 valence electrons. The van der Waals surface area contributed by atoms with Crippen LogP contribution in [-0.4, -0.2) is 53.2 Å². The normalized spacial score (nSPS) is 19.0. The third kappa shape index (κ3) is 4.46. The number of likely N-dealkylation sites (tertiary alicyclic amines) is 1. The number of aromatic nitrogens is 2. The Labute approximate surface area is 144 Å². The van der Waals surface area contributed by atoms with Crippen LogP contribution in [0.1, 0.15) is 54.4 Å². The highest BCUT2D eigenvalue weighted by Gasteiger charge is 2.25. The zero-order valence-electron chi connectivity index (χ0n) is 13.9. The van der Waals surface area contributed by atoms with Crippen LogP contribution in [0, 0.1) is 0 Å². The average molecular weight is 342 g/mol. The fraction of sp³-hybridized carbons (Fsp3) is 0.750. The molecule has 7 heteroatoms. The molecule has 0 spiro atoms. The molecule has 3 N–H and O–H groups in total. The fourth-order valence-electron chi connectivity index (χ4n) is 3.35. The molecule has 2 aliphatic heterocycles. The lowest BCUT2D eigenvalue weighted by molar-refractivity contribution is 0.0904. The van der Waals surface area contributed by atoms with Crippen LogP contribution in [0.2, 0.25) is 0 Å². The summed E-state index contributed by atoms with van der Waals surface area (Å²) in [6.07, 6.45) is 5.52. The summed E-state index contributed by atoms with van der Waals surface area (Å²) < 4.78 is 0. The molecule has 3 rings (SSSR count). The van der Waals surface area contributed by atoms with E-state index in [1.807, 2.05) is 0 Å². The van der Waals surface area contributed by atoms with Crippen LogP contribution in [0.3, 0.4) is 0 Å². The summed E-state index contributed by atoms with van der Waals surface area (Å²) in [6, 6.07) is 0.286. The number of hydrogen-bond donors (Lipinski definition) is 3. The number of unbranched alkanes of at least 4 members (excludes halogenated alkanes) is 1. The lowest BCUT2D eigenvalue weighted by atomic mass is 10.0. The van der Waals surface area contributed by atoms with Gasteiger partial charge < -0.3 is 15.5 Å². The van der Waals surface area contributed by atoms with Crippen LogP contribution in [0.15, 0.2) is 0 Å². The molecule has 1 aromatic heterocycles. The Bertz CT molecular complexity index is 511. The topological polar surface area (TPSA) is 73.0 Å². The molecule has 0 bridgehead atoms. The number of nitrogens with zero attached hydrogens (tertiary/aromatic N) is 2. The van der Waals surface area contributed by atoms with Gasteiger partial charge in [-0.3, -0.25) is 9.89 Å². The van der Waals surface area contributed by atoms with E-state index in [4.69, 9.17) is 0 Å². The number of carbonyl (C=O) groups is 1. The van der Waals surface area contributed by atoms with Crippen molar-refractivity contribution >= 4 is 18.3 Å². The second kappa shape index (κ2) is 8.66. The van der Waals surface area contributed by atoms with Crippen LogP contribution >= 0.6 is 12.4 Å². The number of fused-ring (bicyclic) bond motifs is 1. The molecule has 2 aliphatic rings. The summed E-state index contributed by atoms with van der Waals surface area (Å²) in [7, 11) is 0. The highest BCUT2D eigenvalue weighted by Crippen LogP contribution is 2.17. The number of carbonyl (C=O) groups excluding carboxylic acids is 1. The van der Waals surface area contributed by atoms with Crippen molar-refractivity contribution < 1.29 is 4.79 Å². The second-order valence-corrected chi connectivity index (χ2v) is 6.40. The van der Waals surface area contributed by atoms with Crippen molar-refractivity contribution in [3.8, 4) is 0 Å². The maximum atomic E-state index is 12.5. The molecule has 0 aliphatic carbocycles. The number of H-pyrrole nitrogens is 1. The smallest absolute Gasteiger partial charge is 0.272 e. The van der Waals surface area contributed by atoms with E-state index in [2.05, 4.69) is 32.7 Å². The van der Waals surface area contributed by atoms with E-state index in [1.54, 1.807) is 0 Å². The zero-order chi connectivity index (χ0) is 15.4. The predicted molar refractivity (Wildman–Crippen MR) is 93.1 cm³/mol. The van der Waals surface area contributed by atoms with E-state index in [0.717, 1.165) is 56.7 Å². The van der Waals surface area contributed by atoms with Gasteiger partial charge in [0.05, 0.1) is 0 Å². The van der Waals surface area contributed by atoms with Crippen molar-refractivity contribution in [3.63, 3.8) is 0 Å². The van der Waals surface area contributed by atoms with Gasteiger partial charge in [-0.15, -0.1) is 12.4 Å². The van der Waals surface area contributed by atoms with Crippen molar-refractivity contribution in [2.24, 2.45) is 0 Å². The minimum atomic E-state index is -0.0202. The summed E-state index contributed by atoms with van der Waals surface area (Å²) in [5, 5.41) is 13.7. The third-order valence-electron chi connectivity index (χ3n) is 4.77. The Balaban J connectivity index is 0.00000192. The highest BCUT2D eigenvalue weighted by molar-refractivity contribution is 5.94. The number of amides is 1. The molecular weight excluding hydrogens is 314 g/mol. The van der Waals surface area contributed by atoms with Crippen LogP contribution in [-0.2, 0) is 13.0 Å². The van der Waals surface area contributed by atoms with Crippen molar-refractivity contribution in [2.75, 3.05) is 26.2 Å². The molecule has 1 fully saturated rings. The van der Waals surface area contributed by atoms with Gasteiger partial charge in [0, 0.05) is 49.9 Å². The minimum absolute atomic E-state index is 0. The molecule has 3 heterocycles. The van der Waals surface area contributed by atoms with Crippen molar-refractivity contribution in [3.05, 3.63) is 17.0 Å². The number of halogens is 1. The SMILES string of the molecule is CCCCN1CCC(NC(=O)c2n[nH]c3c2CNCC3)CC1.Cl. The Morgan fingerprint density at radius 3 is 2.91 bits per heavy atom. The average Bonchev–Trinajstić information content (AvgIpc) is 2.98. The van der Waals surface area contributed by atoms with Crippen LogP contribution in [0.4, 0.5) is 0 Å². The van der Waals surface area contributed by atoms with Gasteiger partial charge in [-0.05, 0) is 25.8 Å². The first-order valence-corrected chi connectivity index (χ1v) is 8.58. The Morgan fingerprint density at radius 1 is 1.39 bits per heavy atom. The Kier molecular flexibility index (Phi) is 6.87. The maximum Gasteiger partial charge on any atom is 0.272 e. The van der Waals surface area contributed by atoms with Gasteiger partial charge in [-0.25, -0.2) is 0 Å². The van der Waals surface area contributed by atoms with E-state index >= 15 is 0 Å². The van der Waals surface area contributed by atoms with Crippen molar-refractivity contribution in [1.82, 2.24) is 25.7 Å². The van der Waals surface area contributed by atoms with Crippen LogP contribution in [0.25, 0.3) is 0 Å². The summed E-state index contributed by atoms with van der Waals surface area (Å²) in [5.74, 6) is -0.0202. The fourth-order valence-corrected chi connectivity index (χ4v) is 3.35. The monoisotopic (exact) mass is 341 g/mol.